The first kappa shape index (κ1) is 19.7. The van der Waals surface area contributed by atoms with Gasteiger partial charge in [0.05, 0.1) is 10.6 Å². The second-order valence-electron chi connectivity index (χ2n) is 6.61. The van der Waals surface area contributed by atoms with Gasteiger partial charge in [0.1, 0.15) is 5.82 Å². The Morgan fingerprint density at radius 1 is 1.00 bits per heavy atom. The first-order valence-corrected chi connectivity index (χ1v) is 10.4. The van der Waals surface area contributed by atoms with Crippen LogP contribution >= 0.6 is 0 Å². The van der Waals surface area contributed by atoms with Gasteiger partial charge in [-0.3, -0.25) is 9.52 Å². The molecule has 1 heterocycles. The second kappa shape index (κ2) is 7.68. The number of hydrogen-bond donors (Lipinski definition) is 2. The number of ether oxygens (including phenoxy) is 2. The number of carbonyl (C=O) groups is 1. The predicted octanol–water partition coefficient (Wildman–Crippen LogP) is 3.92. The van der Waals surface area contributed by atoms with Crippen LogP contribution in [0.2, 0.25) is 0 Å². The lowest BCUT2D eigenvalue weighted by atomic mass is 10.1. The van der Waals surface area contributed by atoms with Crippen LogP contribution in [0.3, 0.4) is 0 Å². The summed E-state index contributed by atoms with van der Waals surface area (Å²) in [5.74, 6) is 0.0590. The average Bonchev–Trinajstić information content (AvgIpc) is 3.17. The normalized spacial score (nSPS) is 12.5. The quantitative estimate of drug-likeness (QED) is 0.643. The molecule has 30 heavy (non-hydrogen) atoms. The van der Waals surface area contributed by atoms with E-state index in [0.717, 1.165) is 0 Å². The summed E-state index contributed by atoms with van der Waals surface area (Å²) in [5, 5.41) is 2.66. The van der Waals surface area contributed by atoms with Gasteiger partial charge in [-0.15, -0.1) is 0 Å². The molecule has 154 valence electrons. The minimum atomic E-state index is -3.95. The Bertz CT molecular complexity index is 1240. The zero-order chi connectivity index (χ0) is 21.3. The molecule has 0 unspecified atom stereocenters. The van der Waals surface area contributed by atoms with E-state index in [2.05, 4.69) is 10.0 Å². The van der Waals surface area contributed by atoms with E-state index in [1.165, 1.54) is 48.5 Å². The fourth-order valence-corrected chi connectivity index (χ4v) is 4.04. The number of sulfonamides is 1. The number of halogens is 1. The Balaban J connectivity index is 1.55. The summed E-state index contributed by atoms with van der Waals surface area (Å²) in [6.07, 6.45) is 0. The molecule has 0 bridgehead atoms. The molecule has 0 spiro atoms. The minimum absolute atomic E-state index is 0.0796. The molecule has 0 saturated carbocycles. The van der Waals surface area contributed by atoms with Crippen LogP contribution in [-0.2, 0) is 10.0 Å². The highest BCUT2D eigenvalue weighted by Crippen LogP contribution is 2.34. The molecule has 1 aliphatic heterocycles. The Morgan fingerprint density at radius 2 is 1.80 bits per heavy atom. The number of nitrogens with one attached hydrogen (secondary N) is 2. The van der Waals surface area contributed by atoms with Crippen LogP contribution in [0.25, 0.3) is 0 Å². The third-order valence-electron chi connectivity index (χ3n) is 4.47. The summed E-state index contributed by atoms with van der Waals surface area (Å²) in [4.78, 5) is 12.5. The number of aryl methyl sites for hydroxylation is 1. The molecule has 0 aliphatic carbocycles. The van der Waals surface area contributed by atoms with Crippen LogP contribution in [0, 0.1) is 12.7 Å². The van der Waals surface area contributed by atoms with Crippen LogP contribution in [0.15, 0.2) is 65.6 Å². The predicted molar refractivity (Wildman–Crippen MR) is 109 cm³/mol. The van der Waals surface area contributed by atoms with E-state index in [1.54, 1.807) is 19.1 Å². The van der Waals surface area contributed by atoms with Gasteiger partial charge in [-0.2, -0.15) is 0 Å². The smallest absolute Gasteiger partial charge is 0.261 e. The Labute approximate surface area is 172 Å². The molecule has 2 N–H and O–H groups in total. The fraction of sp³-hybridized carbons (Fsp3) is 0.0952. The van der Waals surface area contributed by atoms with Gasteiger partial charge in [-0.1, -0.05) is 6.07 Å². The first-order chi connectivity index (χ1) is 14.3. The molecule has 0 aromatic heterocycles. The molecule has 3 aromatic rings. The molecule has 7 nitrogen and oxygen atoms in total. The van der Waals surface area contributed by atoms with Crippen molar-refractivity contribution in [3.8, 4) is 11.5 Å². The number of carbonyl (C=O) groups excluding carboxylic acids is 1. The molecule has 9 heteroatoms. The first-order valence-electron chi connectivity index (χ1n) is 8.92. The third-order valence-corrected chi connectivity index (χ3v) is 5.85. The lowest BCUT2D eigenvalue weighted by molar-refractivity contribution is 0.102. The number of amides is 1. The molecule has 0 fully saturated rings. The number of benzene rings is 3. The molecule has 4 rings (SSSR count). The lowest BCUT2D eigenvalue weighted by Gasteiger charge is -2.11. The standard InChI is InChI=1S/C21H17FN2O5S/c1-13-9-15(22)5-7-18(13)23-21(25)14-3-2-4-17(10-14)30(26,27)24-16-6-8-19-20(11-16)29-12-28-19/h2-11,24H,12H2,1H3,(H,23,25). The van der Waals surface area contributed by atoms with Gasteiger partial charge in [-0.05, 0) is 61.0 Å². The summed E-state index contributed by atoms with van der Waals surface area (Å²) < 4.78 is 51.7. The van der Waals surface area contributed by atoms with Crippen molar-refractivity contribution in [3.63, 3.8) is 0 Å². The number of fused-ring (bicyclic) bond motifs is 1. The van der Waals surface area contributed by atoms with E-state index in [0.29, 0.717) is 28.4 Å². The average molecular weight is 428 g/mol. The van der Waals surface area contributed by atoms with Crippen molar-refractivity contribution in [2.75, 3.05) is 16.8 Å². The monoisotopic (exact) mass is 428 g/mol. The van der Waals surface area contributed by atoms with E-state index >= 15 is 0 Å². The largest absolute Gasteiger partial charge is 0.454 e. The SMILES string of the molecule is Cc1cc(F)ccc1NC(=O)c1cccc(S(=O)(=O)Nc2ccc3c(c2)OCO3)c1. The van der Waals surface area contributed by atoms with Crippen LogP contribution < -0.4 is 19.5 Å². The summed E-state index contributed by atoms with van der Waals surface area (Å²) in [6, 6.07) is 14.3. The van der Waals surface area contributed by atoms with Gasteiger partial charge in [-0.25, -0.2) is 12.8 Å². The summed E-state index contributed by atoms with van der Waals surface area (Å²) >= 11 is 0. The van der Waals surface area contributed by atoms with Crippen molar-refractivity contribution in [3.05, 3.63) is 77.6 Å². The van der Waals surface area contributed by atoms with Crippen LogP contribution in [0.5, 0.6) is 11.5 Å². The fourth-order valence-electron chi connectivity index (χ4n) is 2.94. The molecule has 0 saturated heterocycles. The van der Waals surface area contributed by atoms with Gasteiger partial charge >= 0.3 is 0 Å². The maximum Gasteiger partial charge on any atom is 0.261 e. The molecular formula is C21H17FN2O5S. The summed E-state index contributed by atoms with van der Waals surface area (Å²) in [7, 11) is -3.95. The topological polar surface area (TPSA) is 93.7 Å². The Kier molecular flexibility index (Phi) is 5.04. The highest BCUT2D eigenvalue weighted by molar-refractivity contribution is 7.92. The summed E-state index contributed by atoms with van der Waals surface area (Å²) in [5.41, 5.74) is 1.44. The molecule has 1 aliphatic rings. The van der Waals surface area contributed by atoms with E-state index in [9.17, 15) is 17.6 Å². The van der Waals surface area contributed by atoms with Gasteiger partial charge in [0, 0.05) is 17.3 Å². The van der Waals surface area contributed by atoms with Crippen LogP contribution in [-0.4, -0.2) is 21.1 Å². The van der Waals surface area contributed by atoms with Crippen molar-refractivity contribution in [2.24, 2.45) is 0 Å². The van der Waals surface area contributed by atoms with Gasteiger partial charge < -0.3 is 14.8 Å². The van der Waals surface area contributed by atoms with E-state index in [4.69, 9.17) is 9.47 Å². The van der Waals surface area contributed by atoms with Crippen molar-refractivity contribution >= 4 is 27.3 Å². The molecule has 0 radical (unpaired) electrons. The molecule has 1 amide bonds. The second-order valence-corrected chi connectivity index (χ2v) is 8.30. The lowest BCUT2D eigenvalue weighted by Crippen LogP contribution is -2.16. The van der Waals surface area contributed by atoms with Crippen molar-refractivity contribution in [1.29, 1.82) is 0 Å². The van der Waals surface area contributed by atoms with Crippen molar-refractivity contribution in [2.45, 2.75) is 11.8 Å². The minimum Gasteiger partial charge on any atom is -0.454 e. The molecule has 3 aromatic carbocycles. The molecule has 0 atom stereocenters. The van der Waals surface area contributed by atoms with Crippen LogP contribution in [0.4, 0.5) is 15.8 Å². The van der Waals surface area contributed by atoms with Gasteiger partial charge in [0.2, 0.25) is 6.79 Å². The molecular weight excluding hydrogens is 411 g/mol. The highest BCUT2D eigenvalue weighted by atomic mass is 32.2. The van der Waals surface area contributed by atoms with Crippen molar-refractivity contribution in [1.82, 2.24) is 0 Å². The zero-order valence-corrected chi connectivity index (χ0v) is 16.6. The maximum absolute atomic E-state index is 13.2. The number of hydrogen-bond acceptors (Lipinski definition) is 5. The number of rotatable bonds is 5. The van der Waals surface area contributed by atoms with E-state index in [-0.39, 0.29) is 17.3 Å². The zero-order valence-electron chi connectivity index (χ0n) is 15.8. The number of anilines is 2. The third kappa shape index (κ3) is 4.06. The van der Waals surface area contributed by atoms with Crippen LogP contribution in [0.1, 0.15) is 15.9 Å². The maximum atomic E-state index is 13.2. The van der Waals surface area contributed by atoms with E-state index in [1.807, 2.05) is 0 Å². The van der Waals surface area contributed by atoms with Gasteiger partial charge in [0.15, 0.2) is 11.5 Å². The van der Waals surface area contributed by atoms with E-state index < -0.39 is 21.7 Å². The van der Waals surface area contributed by atoms with Gasteiger partial charge in [0.25, 0.3) is 15.9 Å². The van der Waals surface area contributed by atoms with Crippen molar-refractivity contribution < 1.29 is 27.1 Å². The Hall–Kier alpha value is -3.59. The summed E-state index contributed by atoms with van der Waals surface area (Å²) in [6.45, 7) is 1.74. The Morgan fingerprint density at radius 3 is 2.60 bits per heavy atom. The highest BCUT2D eigenvalue weighted by Gasteiger charge is 2.19.